The van der Waals surface area contributed by atoms with Gasteiger partial charge in [0, 0.05) is 12.1 Å². The Kier molecular flexibility index (Phi) is 4.13. The third kappa shape index (κ3) is 3.43. The van der Waals surface area contributed by atoms with Crippen LogP contribution in [0.3, 0.4) is 0 Å². The maximum Gasteiger partial charge on any atom is 0.305 e. The van der Waals surface area contributed by atoms with Crippen molar-refractivity contribution in [3.05, 3.63) is 28.8 Å². The van der Waals surface area contributed by atoms with E-state index in [4.69, 9.17) is 21.8 Å². The highest BCUT2D eigenvalue weighted by Gasteiger charge is 2.08. The molecule has 5 nitrogen and oxygen atoms in total. The maximum atomic E-state index is 11.4. The van der Waals surface area contributed by atoms with Crippen molar-refractivity contribution in [3.63, 3.8) is 0 Å². The molecule has 0 bridgehead atoms. The van der Waals surface area contributed by atoms with E-state index in [0.717, 1.165) is 0 Å². The van der Waals surface area contributed by atoms with Gasteiger partial charge in [-0.25, -0.2) is 0 Å². The topological polar surface area (TPSA) is 86.6 Å². The Balaban J connectivity index is 2.59. The van der Waals surface area contributed by atoms with Crippen molar-refractivity contribution in [3.8, 4) is 5.75 Å². The minimum Gasteiger partial charge on any atom is -0.506 e. The van der Waals surface area contributed by atoms with Crippen LogP contribution in [-0.2, 0) is 4.79 Å². The van der Waals surface area contributed by atoms with Crippen LogP contribution in [0.4, 0.5) is 0 Å². The van der Waals surface area contributed by atoms with Crippen molar-refractivity contribution in [2.45, 2.75) is 6.42 Å². The molecule has 0 aromatic heterocycles. The molecule has 1 amide bonds. The fraction of sp³-hybridized carbons (Fsp3) is 0.200. The van der Waals surface area contributed by atoms with Crippen LogP contribution < -0.4 is 5.32 Å². The molecule has 0 saturated carbocycles. The molecule has 0 saturated heterocycles. The van der Waals surface area contributed by atoms with Crippen molar-refractivity contribution in [1.29, 1.82) is 0 Å². The number of halogens is 1. The average molecular weight is 244 g/mol. The van der Waals surface area contributed by atoms with Crippen LogP contribution in [0.2, 0.25) is 5.02 Å². The zero-order valence-corrected chi connectivity index (χ0v) is 8.99. The van der Waals surface area contributed by atoms with Crippen molar-refractivity contribution >= 4 is 23.5 Å². The second-order valence-corrected chi connectivity index (χ2v) is 3.47. The first-order chi connectivity index (χ1) is 7.50. The van der Waals surface area contributed by atoms with E-state index >= 15 is 0 Å². The Bertz CT molecular complexity index is 419. The molecule has 0 unspecified atom stereocenters. The van der Waals surface area contributed by atoms with Gasteiger partial charge in [-0.05, 0) is 18.2 Å². The molecule has 0 heterocycles. The molecule has 1 aromatic carbocycles. The number of nitrogens with one attached hydrogen (secondary N) is 1. The monoisotopic (exact) mass is 243 g/mol. The fourth-order valence-corrected chi connectivity index (χ4v) is 1.21. The summed E-state index contributed by atoms with van der Waals surface area (Å²) in [7, 11) is 0. The number of phenolic OH excluding ortho intramolecular Hbond substituents is 1. The van der Waals surface area contributed by atoms with E-state index in [1.165, 1.54) is 18.2 Å². The summed E-state index contributed by atoms with van der Waals surface area (Å²) in [6.45, 7) is 0.0483. The number of amides is 1. The first kappa shape index (κ1) is 12.3. The Morgan fingerprint density at radius 1 is 1.38 bits per heavy atom. The van der Waals surface area contributed by atoms with Crippen LogP contribution in [-0.4, -0.2) is 28.6 Å². The highest BCUT2D eigenvalue weighted by molar-refractivity contribution is 6.32. The summed E-state index contributed by atoms with van der Waals surface area (Å²) < 4.78 is 0. The van der Waals surface area contributed by atoms with Gasteiger partial charge in [0.05, 0.1) is 11.4 Å². The van der Waals surface area contributed by atoms with Gasteiger partial charge in [0.25, 0.3) is 5.91 Å². The van der Waals surface area contributed by atoms with Crippen LogP contribution in [0.15, 0.2) is 18.2 Å². The highest BCUT2D eigenvalue weighted by atomic mass is 35.5. The van der Waals surface area contributed by atoms with Crippen LogP contribution in [0.5, 0.6) is 5.75 Å². The summed E-state index contributed by atoms with van der Waals surface area (Å²) >= 11 is 5.62. The van der Waals surface area contributed by atoms with Gasteiger partial charge in [-0.15, -0.1) is 0 Å². The number of hydrogen-bond acceptors (Lipinski definition) is 3. The second kappa shape index (κ2) is 5.37. The lowest BCUT2D eigenvalue weighted by Crippen LogP contribution is -2.25. The lowest BCUT2D eigenvalue weighted by atomic mass is 10.2. The SMILES string of the molecule is O=C(O)CCNC(=O)c1ccc(O)c(Cl)c1. The van der Waals surface area contributed by atoms with Gasteiger partial charge in [0.2, 0.25) is 0 Å². The van der Waals surface area contributed by atoms with E-state index < -0.39 is 11.9 Å². The van der Waals surface area contributed by atoms with Gasteiger partial charge in [0.1, 0.15) is 5.75 Å². The van der Waals surface area contributed by atoms with Gasteiger partial charge >= 0.3 is 5.97 Å². The molecule has 0 spiro atoms. The fourth-order valence-electron chi connectivity index (χ4n) is 1.03. The predicted molar refractivity (Wildman–Crippen MR) is 57.7 cm³/mol. The van der Waals surface area contributed by atoms with Crippen molar-refractivity contribution in [1.82, 2.24) is 5.32 Å². The third-order valence-corrected chi connectivity index (χ3v) is 2.14. The van der Waals surface area contributed by atoms with Crippen molar-refractivity contribution in [2.24, 2.45) is 0 Å². The van der Waals surface area contributed by atoms with Crippen LogP contribution in [0, 0.1) is 0 Å². The lowest BCUT2D eigenvalue weighted by Gasteiger charge is -2.04. The number of phenols is 1. The van der Waals surface area contributed by atoms with E-state index in [2.05, 4.69) is 5.32 Å². The Morgan fingerprint density at radius 2 is 2.06 bits per heavy atom. The third-order valence-electron chi connectivity index (χ3n) is 1.83. The van der Waals surface area contributed by atoms with Crippen LogP contribution in [0.25, 0.3) is 0 Å². The zero-order chi connectivity index (χ0) is 12.1. The minimum absolute atomic E-state index is 0.0483. The largest absolute Gasteiger partial charge is 0.506 e. The molecule has 0 aliphatic rings. The summed E-state index contributed by atoms with van der Waals surface area (Å²) in [5.41, 5.74) is 0.271. The first-order valence-corrected chi connectivity index (χ1v) is 4.87. The predicted octanol–water partition coefficient (Wildman–Crippen LogP) is 1.25. The number of carbonyl (C=O) groups is 2. The average Bonchev–Trinajstić information content (AvgIpc) is 2.21. The molecular formula is C10H10ClNO4. The van der Waals surface area contributed by atoms with E-state index in [1.54, 1.807) is 0 Å². The summed E-state index contributed by atoms with van der Waals surface area (Å²) in [5.74, 6) is -1.52. The van der Waals surface area contributed by atoms with Gasteiger partial charge in [-0.2, -0.15) is 0 Å². The molecule has 16 heavy (non-hydrogen) atoms. The summed E-state index contributed by atoms with van der Waals surface area (Å²) in [6, 6.07) is 4.01. The summed E-state index contributed by atoms with van der Waals surface area (Å²) in [5, 5.41) is 20.0. The van der Waals surface area contributed by atoms with E-state index in [-0.39, 0.29) is 29.3 Å². The number of aliphatic carboxylic acids is 1. The first-order valence-electron chi connectivity index (χ1n) is 4.49. The van der Waals surface area contributed by atoms with E-state index in [9.17, 15) is 9.59 Å². The zero-order valence-electron chi connectivity index (χ0n) is 8.24. The van der Waals surface area contributed by atoms with Gasteiger partial charge in [0.15, 0.2) is 0 Å². The number of carboxylic acids is 1. The molecular weight excluding hydrogens is 234 g/mol. The molecule has 1 aromatic rings. The van der Waals surface area contributed by atoms with Crippen molar-refractivity contribution < 1.29 is 19.8 Å². The highest BCUT2D eigenvalue weighted by Crippen LogP contribution is 2.23. The number of carboxylic acid groups (broad SMARTS) is 1. The quantitative estimate of drug-likeness (QED) is 0.743. The van der Waals surface area contributed by atoms with Gasteiger partial charge in [-0.1, -0.05) is 11.6 Å². The standard InChI is InChI=1S/C10H10ClNO4/c11-7-5-6(1-2-8(7)13)10(16)12-4-3-9(14)15/h1-2,5,13H,3-4H2,(H,12,16)(H,14,15). The number of hydrogen-bond donors (Lipinski definition) is 3. The summed E-state index contributed by atoms with van der Waals surface area (Å²) in [4.78, 5) is 21.7. The number of benzene rings is 1. The molecule has 0 atom stereocenters. The van der Waals surface area contributed by atoms with Crippen LogP contribution in [0.1, 0.15) is 16.8 Å². The second-order valence-electron chi connectivity index (χ2n) is 3.07. The normalized spacial score (nSPS) is 9.81. The van der Waals surface area contributed by atoms with Crippen LogP contribution >= 0.6 is 11.6 Å². The van der Waals surface area contributed by atoms with Gasteiger partial charge < -0.3 is 15.5 Å². The van der Waals surface area contributed by atoms with Gasteiger partial charge in [-0.3, -0.25) is 9.59 Å². The number of rotatable bonds is 4. The molecule has 0 aliphatic carbocycles. The minimum atomic E-state index is -0.982. The molecule has 6 heteroatoms. The van der Waals surface area contributed by atoms with Crippen molar-refractivity contribution in [2.75, 3.05) is 6.54 Å². The Hall–Kier alpha value is -1.75. The Labute approximate surface area is 96.7 Å². The summed E-state index contributed by atoms with van der Waals surface area (Å²) in [6.07, 6.45) is -0.141. The molecule has 0 aliphatic heterocycles. The number of carbonyl (C=O) groups excluding carboxylic acids is 1. The molecule has 0 radical (unpaired) electrons. The maximum absolute atomic E-state index is 11.4. The van der Waals surface area contributed by atoms with E-state index in [0.29, 0.717) is 0 Å². The molecule has 3 N–H and O–H groups in total. The lowest BCUT2D eigenvalue weighted by molar-refractivity contribution is -0.136. The molecule has 86 valence electrons. The smallest absolute Gasteiger partial charge is 0.305 e. The number of aromatic hydroxyl groups is 1. The van der Waals surface area contributed by atoms with E-state index in [1.807, 2.05) is 0 Å². The Morgan fingerprint density at radius 3 is 2.62 bits per heavy atom. The molecule has 0 fully saturated rings. The molecule has 1 rings (SSSR count).